The summed E-state index contributed by atoms with van der Waals surface area (Å²) < 4.78 is 0. The van der Waals surface area contributed by atoms with Crippen molar-refractivity contribution in [2.24, 2.45) is 16.7 Å². The lowest BCUT2D eigenvalue weighted by atomic mass is 9.59. The summed E-state index contributed by atoms with van der Waals surface area (Å²) in [5.74, 6) is 0.926. The van der Waals surface area contributed by atoms with Gasteiger partial charge in [-0.3, -0.25) is 14.7 Å². The monoisotopic (exact) mass is 375 g/mol. The van der Waals surface area contributed by atoms with Crippen molar-refractivity contribution in [3.8, 4) is 0 Å². The van der Waals surface area contributed by atoms with Crippen LogP contribution in [0.3, 0.4) is 0 Å². The zero-order chi connectivity index (χ0) is 19.4. The first kappa shape index (κ1) is 20.2. The summed E-state index contributed by atoms with van der Waals surface area (Å²) >= 11 is 0. The molecule has 27 heavy (non-hydrogen) atoms. The highest BCUT2D eigenvalue weighted by molar-refractivity contribution is 5.05. The van der Waals surface area contributed by atoms with Gasteiger partial charge in [-0.2, -0.15) is 0 Å². The van der Waals surface area contributed by atoms with Gasteiger partial charge in [-0.05, 0) is 102 Å². The van der Waals surface area contributed by atoms with Crippen molar-refractivity contribution in [3.05, 3.63) is 0 Å². The molecule has 0 N–H and O–H groups in total. The maximum atomic E-state index is 2.82. The van der Waals surface area contributed by atoms with Crippen molar-refractivity contribution in [2.45, 2.75) is 97.7 Å². The largest absolute Gasteiger partial charge is 0.298 e. The maximum absolute atomic E-state index is 2.82. The number of likely N-dealkylation sites (tertiary alicyclic amines) is 3. The van der Waals surface area contributed by atoms with Gasteiger partial charge < -0.3 is 0 Å². The van der Waals surface area contributed by atoms with Crippen LogP contribution < -0.4 is 0 Å². The van der Waals surface area contributed by atoms with E-state index < -0.39 is 0 Å². The molecule has 4 rings (SSSR count). The predicted molar refractivity (Wildman–Crippen MR) is 115 cm³/mol. The van der Waals surface area contributed by atoms with E-state index in [0.29, 0.717) is 16.4 Å². The normalized spacial score (nSPS) is 30.4. The van der Waals surface area contributed by atoms with Gasteiger partial charge >= 0.3 is 0 Å². The van der Waals surface area contributed by atoms with Gasteiger partial charge in [-0.25, -0.2) is 0 Å². The number of rotatable bonds is 2. The second-order valence-electron chi connectivity index (χ2n) is 12.5. The number of hydrogen-bond acceptors (Lipinski definition) is 3. The Hall–Kier alpha value is -0.120. The summed E-state index contributed by atoms with van der Waals surface area (Å²) in [6.07, 6.45) is 8.69. The van der Waals surface area contributed by atoms with E-state index in [1.54, 1.807) is 0 Å². The fourth-order valence-corrected chi connectivity index (χ4v) is 6.41. The fraction of sp³-hybridized carbons (Fsp3) is 1.00. The van der Waals surface area contributed by atoms with Crippen molar-refractivity contribution in [3.63, 3.8) is 0 Å². The highest BCUT2D eigenvalue weighted by Gasteiger charge is 2.51. The van der Waals surface area contributed by atoms with Crippen molar-refractivity contribution in [1.82, 2.24) is 14.7 Å². The zero-order valence-corrected chi connectivity index (χ0v) is 19.1. The molecule has 3 heterocycles. The quantitative estimate of drug-likeness (QED) is 0.705. The van der Waals surface area contributed by atoms with Gasteiger partial charge in [0.2, 0.25) is 0 Å². The van der Waals surface area contributed by atoms with Gasteiger partial charge in [0.25, 0.3) is 0 Å². The molecule has 3 saturated heterocycles. The fourth-order valence-electron chi connectivity index (χ4n) is 6.41. The van der Waals surface area contributed by atoms with E-state index in [9.17, 15) is 0 Å². The molecule has 1 saturated carbocycles. The van der Waals surface area contributed by atoms with E-state index in [0.717, 1.165) is 18.0 Å². The van der Waals surface area contributed by atoms with E-state index in [2.05, 4.69) is 56.2 Å². The first-order valence-electron chi connectivity index (χ1n) is 11.8. The lowest BCUT2D eigenvalue weighted by Crippen LogP contribution is -2.67. The molecule has 4 aliphatic rings. The number of hydrogen-bond donors (Lipinski definition) is 0. The summed E-state index contributed by atoms with van der Waals surface area (Å²) in [4.78, 5) is 8.34. The molecule has 3 heteroatoms. The van der Waals surface area contributed by atoms with E-state index in [4.69, 9.17) is 0 Å². The zero-order valence-electron chi connectivity index (χ0n) is 19.1. The summed E-state index contributed by atoms with van der Waals surface area (Å²) in [6.45, 7) is 22.4. The van der Waals surface area contributed by atoms with Crippen LogP contribution in [0.2, 0.25) is 0 Å². The highest BCUT2D eigenvalue weighted by atomic mass is 15.3. The molecule has 0 radical (unpaired) electrons. The summed E-state index contributed by atoms with van der Waals surface area (Å²) in [6, 6.07) is 1.78. The number of nitrogens with zero attached hydrogens (tertiary/aromatic N) is 3. The third kappa shape index (κ3) is 4.12. The molecular weight excluding hydrogens is 330 g/mol. The predicted octanol–water partition coefficient (Wildman–Crippen LogP) is 4.47. The molecule has 3 nitrogen and oxygen atoms in total. The maximum Gasteiger partial charge on any atom is 0.0350 e. The van der Waals surface area contributed by atoms with E-state index in [-0.39, 0.29) is 0 Å². The third-order valence-corrected chi connectivity index (χ3v) is 8.79. The molecule has 0 aromatic heterocycles. The van der Waals surface area contributed by atoms with Gasteiger partial charge in [-0.1, -0.05) is 20.8 Å². The van der Waals surface area contributed by atoms with Crippen LogP contribution in [0.15, 0.2) is 0 Å². The molecular formula is C24H45N3. The van der Waals surface area contributed by atoms with Crippen LogP contribution >= 0.6 is 0 Å². The molecule has 0 aromatic rings. The number of piperidine rings is 2. The van der Waals surface area contributed by atoms with Crippen LogP contribution in [0.5, 0.6) is 0 Å². The van der Waals surface area contributed by atoms with E-state index in [1.165, 1.54) is 77.8 Å². The van der Waals surface area contributed by atoms with Crippen molar-refractivity contribution < 1.29 is 0 Å². The third-order valence-electron chi connectivity index (χ3n) is 8.79. The second-order valence-corrected chi connectivity index (χ2v) is 12.5. The molecule has 0 aromatic carbocycles. The van der Waals surface area contributed by atoms with Gasteiger partial charge in [0.15, 0.2) is 0 Å². The summed E-state index contributed by atoms with van der Waals surface area (Å²) in [5, 5.41) is 0. The Bertz CT molecular complexity index is 499. The van der Waals surface area contributed by atoms with Gasteiger partial charge in [0.1, 0.15) is 0 Å². The van der Waals surface area contributed by atoms with Crippen LogP contribution in [0.4, 0.5) is 0 Å². The molecule has 0 unspecified atom stereocenters. The Balaban J connectivity index is 1.16. The van der Waals surface area contributed by atoms with Crippen LogP contribution in [-0.4, -0.2) is 71.6 Å². The lowest BCUT2D eigenvalue weighted by Gasteiger charge is -2.60. The molecule has 0 bridgehead atoms. The van der Waals surface area contributed by atoms with Gasteiger partial charge in [-0.15, -0.1) is 0 Å². The SMILES string of the molecule is CC(C)(C)C1CCN(C2CN(C3CC4(CCN(C(C)(C)C)CC4)C3)C2)CC1. The minimum absolute atomic E-state index is 0.357. The lowest BCUT2D eigenvalue weighted by molar-refractivity contribution is -0.100. The molecule has 1 aliphatic carbocycles. The molecule has 3 aliphatic heterocycles. The van der Waals surface area contributed by atoms with Crippen LogP contribution in [-0.2, 0) is 0 Å². The summed E-state index contributed by atoms with van der Waals surface area (Å²) in [5.41, 5.74) is 1.57. The van der Waals surface area contributed by atoms with E-state index in [1.807, 2.05) is 0 Å². The summed E-state index contributed by atoms with van der Waals surface area (Å²) in [7, 11) is 0. The smallest absolute Gasteiger partial charge is 0.0350 e. The van der Waals surface area contributed by atoms with Crippen LogP contribution in [0.25, 0.3) is 0 Å². The Morgan fingerprint density at radius 3 is 1.74 bits per heavy atom. The first-order valence-corrected chi connectivity index (χ1v) is 11.8. The molecule has 0 amide bonds. The van der Waals surface area contributed by atoms with Crippen LogP contribution in [0.1, 0.15) is 80.1 Å². The molecule has 156 valence electrons. The van der Waals surface area contributed by atoms with Crippen molar-refractivity contribution >= 4 is 0 Å². The van der Waals surface area contributed by atoms with E-state index >= 15 is 0 Å². The van der Waals surface area contributed by atoms with Crippen molar-refractivity contribution in [2.75, 3.05) is 39.3 Å². The average Bonchev–Trinajstić information content (AvgIpc) is 2.51. The standard InChI is InChI=1S/C24H45N3/c1-22(2,3)19-7-11-25(12-8-19)21-17-26(18-21)20-15-24(16-20)9-13-27(14-10-24)23(4,5)6/h19-21H,7-18H2,1-6H3. The van der Waals surface area contributed by atoms with Crippen molar-refractivity contribution in [1.29, 1.82) is 0 Å². The molecule has 4 fully saturated rings. The Morgan fingerprint density at radius 2 is 1.26 bits per heavy atom. The minimum atomic E-state index is 0.357. The Kier molecular flexibility index (Phi) is 5.22. The first-order chi connectivity index (χ1) is 12.6. The Morgan fingerprint density at radius 1 is 0.704 bits per heavy atom. The molecule has 1 spiro atoms. The van der Waals surface area contributed by atoms with Crippen LogP contribution in [0, 0.1) is 16.7 Å². The van der Waals surface area contributed by atoms with Gasteiger partial charge in [0.05, 0.1) is 0 Å². The topological polar surface area (TPSA) is 9.72 Å². The second kappa shape index (κ2) is 6.99. The highest BCUT2D eigenvalue weighted by Crippen LogP contribution is 2.52. The molecule has 0 atom stereocenters. The average molecular weight is 376 g/mol. The minimum Gasteiger partial charge on any atom is -0.298 e. The van der Waals surface area contributed by atoms with Gasteiger partial charge in [0, 0.05) is 30.7 Å². The Labute approximate surface area is 168 Å².